The van der Waals surface area contributed by atoms with Gasteiger partial charge in [0.05, 0.1) is 15.5 Å². The van der Waals surface area contributed by atoms with Gasteiger partial charge in [0.25, 0.3) is 5.91 Å². The number of nitrogens with one attached hydrogen (secondary N) is 1. The van der Waals surface area contributed by atoms with E-state index in [2.05, 4.69) is 10.3 Å². The lowest BCUT2D eigenvalue weighted by Crippen LogP contribution is -2.12. The first-order valence-corrected chi connectivity index (χ1v) is 11.8. The van der Waals surface area contributed by atoms with Gasteiger partial charge in [-0.15, -0.1) is 11.3 Å². The molecule has 4 aromatic rings. The molecule has 0 spiro atoms. The van der Waals surface area contributed by atoms with Gasteiger partial charge in [0.15, 0.2) is 5.01 Å². The Kier molecular flexibility index (Phi) is 5.88. The van der Waals surface area contributed by atoms with E-state index in [4.69, 9.17) is 5.14 Å². The number of nitrogens with zero attached hydrogens (tertiary/aromatic N) is 1. The van der Waals surface area contributed by atoms with E-state index in [0.29, 0.717) is 27.4 Å². The van der Waals surface area contributed by atoms with E-state index in [9.17, 15) is 17.6 Å². The Morgan fingerprint density at radius 3 is 2.12 bits per heavy atom. The number of thiazole rings is 1. The molecule has 0 saturated heterocycles. The maximum atomic E-state index is 13.4. The van der Waals surface area contributed by atoms with E-state index >= 15 is 0 Å². The van der Waals surface area contributed by atoms with Crippen molar-refractivity contribution in [2.45, 2.75) is 11.8 Å². The standard InChI is InChI=1S/C23H18FN3O3S2/c1-14-2-10-18(11-3-14)26-22(28)23-27-20(15-6-12-19(13-7-15)32(25,29)30)21(31-23)16-4-8-17(24)9-5-16/h2-13H,1H3,(H,26,28)(H2,25,29,30). The smallest absolute Gasteiger partial charge is 0.284 e. The van der Waals surface area contributed by atoms with Crippen molar-refractivity contribution in [3.05, 3.63) is 89.2 Å². The number of halogens is 1. The lowest BCUT2D eigenvalue weighted by atomic mass is 10.1. The average molecular weight is 468 g/mol. The summed E-state index contributed by atoms with van der Waals surface area (Å²) in [7, 11) is -3.84. The molecular formula is C23H18FN3O3S2. The van der Waals surface area contributed by atoms with Gasteiger partial charge < -0.3 is 5.32 Å². The van der Waals surface area contributed by atoms with Crippen molar-refractivity contribution in [3.63, 3.8) is 0 Å². The molecule has 32 heavy (non-hydrogen) atoms. The third kappa shape index (κ3) is 4.75. The number of anilines is 1. The van der Waals surface area contributed by atoms with Crippen LogP contribution in [-0.4, -0.2) is 19.3 Å². The number of aryl methyl sites for hydroxylation is 1. The first-order chi connectivity index (χ1) is 15.2. The molecule has 0 unspecified atom stereocenters. The third-order valence-corrected chi connectivity index (χ3v) is 6.73. The summed E-state index contributed by atoms with van der Waals surface area (Å²) in [6.45, 7) is 1.95. The highest BCUT2D eigenvalue weighted by molar-refractivity contribution is 7.89. The van der Waals surface area contributed by atoms with Crippen molar-refractivity contribution >= 4 is 33.0 Å². The van der Waals surface area contributed by atoms with Crippen molar-refractivity contribution in [1.29, 1.82) is 0 Å². The Morgan fingerprint density at radius 2 is 1.53 bits per heavy atom. The second-order valence-corrected chi connectivity index (χ2v) is 9.65. The zero-order chi connectivity index (χ0) is 22.9. The fourth-order valence-corrected chi connectivity index (χ4v) is 4.54. The molecule has 0 radical (unpaired) electrons. The Morgan fingerprint density at radius 1 is 0.938 bits per heavy atom. The van der Waals surface area contributed by atoms with Gasteiger partial charge in [0.1, 0.15) is 5.82 Å². The summed E-state index contributed by atoms with van der Waals surface area (Å²) in [4.78, 5) is 18.0. The number of hydrogen-bond acceptors (Lipinski definition) is 5. The van der Waals surface area contributed by atoms with Crippen molar-refractivity contribution < 1.29 is 17.6 Å². The molecule has 0 fully saturated rings. The molecule has 1 heterocycles. The molecule has 0 atom stereocenters. The SMILES string of the molecule is Cc1ccc(NC(=O)c2nc(-c3ccc(S(N)(=O)=O)cc3)c(-c3ccc(F)cc3)s2)cc1. The Hall–Kier alpha value is -3.40. The van der Waals surface area contributed by atoms with Crippen LogP contribution in [0.25, 0.3) is 21.7 Å². The minimum Gasteiger partial charge on any atom is -0.320 e. The summed E-state index contributed by atoms with van der Waals surface area (Å²) in [6, 6.07) is 19.1. The maximum Gasteiger partial charge on any atom is 0.284 e. The van der Waals surface area contributed by atoms with Crippen LogP contribution < -0.4 is 10.5 Å². The Bertz CT molecular complexity index is 1380. The van der Waals surface area contributed by atoms with Crippen molar-refractivity contribution in [2.75, 3.05) is 5.32 Å². The Labute approximate surface area is 188 Å². The van der Waals surface area contributed by atoms with Gasteiger partial charge in [-0.25, -0.2) is 22.9 Å². The topological polar surface area (TPSA) is 102 Å². The maximum absolute atomic E-state index is 13.4. The summed E-state index contributed by atoms with van der Waals surface area (Å²) in [5.41, 5.74) is 3.47. The summed E-state index contributed by atoms with van der Waals surface area (Å²) >= 11 is 1.17. The van der Waals surface area contributed by atoms with Crippen LogP contribution in [0.4, 0.5) is 10.1 Å². The van der Waals surface area contributed by atoms with Gasteiger partial charge in [-0.2, -0.15) is 0 Å². The normalized spacial score (nSPS) is 11.3. The average Bonchev–Trinajstić information content (AvgIpc) is 3.21. The van der Waals surface area contributed by atoms with E-state index in [-0.39, 0.29) is 21.6 Å². The molecule has 0 saturated carbocycles. The lowest BCUT2D eigenvalue weighted by molar-refractivity contribution is 0.102. The number of hydrogen-bond donors (Lipinski definition) is 2. The highest BCUT2D eigenvalue weighted by atomic mass is 32.2. The van der Waals surface area contributed by atoms with E-state index < -0.39 is 10.0 Å². The zero-order valence-corrected chi connectivity index (χ0v) is 18.5. The summed E-state index contributed by atoms with van der Waals surface area (Å²) in [5.74, 6) is -0.760. The number of sulfonamides is 1. The molecule has 162 valence electrons. The van der Waals surface area contributed by atoms with Crippen LogP contribution in [0.5, 0.6) is 0 Å². The summed E-state index contributed by atoms with van der Waals surface area (Å²) < 4.78 is 36.6. The number of nitrogens with two attached hydrogens (primary N) is 1. The number of carbonyl (C=O) groups is 1. The minimum atomic E-state index is -3.84. The van der Waals surface area contributed by atoms with Crippen LogP contribution in [0.1, 0.15) is 15.4 Å². The molecule has 3 aromatic carbocycles. The quantitative estimate of drug-likeness (QED) is 0.439. The number of aromatic nitrogens is 1. The molecule has 0 aliphatic carbocycles. The highest BCUT2D eigenvalue weighted by Crippen LogP contribution is 2.37. The van der Waals surface area contributed by atoms with Crippen molar-refractivity contribution in [2.24, 2.45) is 5.14 Å². The largest absolute Gasteiger partial charge is 0.320 e. The molecule has 1 amide bonds. The predicted octanol–water partition coefficient (Wildman–Crippen LogP) is 4.82. The minimum absolute atomic E-state index is 0.0304. The molecule has 1 aromatic heterocycles. The number of rotatable bonds is 5. The molecular weight excluding hydrogens is 449 g/mol. The van der Waals surface area contributed by atoms with E-state index in [0.717, 1.165) is 5.56 Å². The van der Waals surface area contributed by atoms with Gasteiger partial charge in [0.2, 0.25) is 10.0 Å². The number of carbonyl (C=O) groups excluding carboxylic acids is 1. The van der Waals surface area contributed by atoms with Gasteiger partial charge in [-0.1, -0.05) is 42.0 Å². The first-order valence-electron chi connectivity index (χ1n) is 9.49. The fraction of sp³-hybridized carbons (Fsp3) is 0.0435. The second kappa shape index (κ2) is 8.62. The van der Waals surface area contributed by atoms with Gasteiger partial charge in [-0.05, 0) is 48.9 Å². The number of primary sulfonamides is 1. The van der Waals surface area contributed by atoms with Crippen LogP contribution in [0, 0.1) is 12.7 Å². The molecule has 3 N–H and O–H groups in total. The van der Waals surface area contributed by atoms with Crippen LogP contribution in [0.15, 0.2) is 77.7 Å². The van der Waals surface area contributed by atoms with Gasteiger partial charge in [-0.3, -0.25) is 4.79 Å². The highest BCUT2D eigenvalue weighted by Gasteiger charge is 2.20. The van der Waals surface area contributed by atoms with Gasteiger partial charge >= 0.3 is 0 Å². The van der Waals surface area contributed by atoms with Crippen LogP contribution >= 0.6 is 11.3 Å². The monoisotopic (exact) mass is 467 g/mol. The summed E-state index contributed by atoms with van der Waals surface area (Å²) in [6.07, 6.45) is 0. The molecule has 0 aliphatic heterocycles. The number of benzene rings is 3. The van der Waals surface area contributed by atoms with Crippen LogP contribution in [0.2, 0.25) is 0 Å². The van der Waals surface area contributed by atoms with Crippen molar-refractivity contribution in [3.8, 4) is 21.7 Å². The molecule has 4 rings (SSSR count). The molecule has 0 bridgehead atoms. The lowest BCUT2D eigenvalue weighted by Gasteiger charge is -2.04. The third-order valence-electron chi connectivity index (χ3n) is 4.69. The zero-order valence-electron chi connectivity index (χ0n) is 16.9. The van der Waals surface area contributed by atoms with E-state index in [1.165, 1.54) is 35.6 Å². The molecule has 6 nitrogen and oxygen atoms in total. The number of amides is 1. The van der Waals surface area contributed by atoms with Crippen LogP contribution in [-0.2, 0) is 10.0 Å². The second-order valence-electron chi connectivity index (χ2n) is 7.09. The predicted molar refractivity (Wildman–Crippen MR) is 123 cm³/mol. The fourth-order valence-electron chi connectivity index (χ4n) is 3.03. The van der Waals surface area contributed by atoms with E-state index in [1.807, 2.05) is 19.1 Å². The first kappa shape index (κ1) is 21.8. The van der Waals surface area contributed by atoms with Crippen molar-refractivity contribution in [1.82, 2.24) is 4.98 Å². The van der Waals surface area contributed by atoms with Crippen LogP contribution in [0.3, 0.4) is 0 Å². The van der Waals surface area contributed by atoms with E-state index in [1.54, 1.807) is 36.4 Å². The molecule has 9 heteroatoms. The van der Waals surface area contributed by atoms with Gasteiger partial charge in [0, 0.05) is 11.3 Å². The summed E-state index contributed by atoms with van der Waals surface area (Å²) in [5, 5.41) is 8.22. The molecule has 0 aliphatic rings. The Balaban J connectivity index is 1.75.